The lowest BCUT2D eigenvalue weighted by Crippen LogP contribution is -2.43. The molecule has 0 spiro atoms. The van der Waals surface area contributed by atoms with Crippen molar-refractivity contribution >= 4 is 22.4 Å². The van der Waals surface area contributed by atoms with Crippen LogP contribution in [0.25, 0.3) is 0 Å². The summed E-state index contributed by atoms with van der Waals surface area (Å²) in [6.45, 7) is 8.27. The molecule has 0 atom stereocenters. The first kappa shape index (κ1) is 12.5. The van der Waals surface area contributed by atoms with Crippen molar-refractivity contribution in [1.29, 1.82) is 0 Å². The number of rotatable bonds is 3. The van der Waals surface area contributed by atoms with Crippen LogP contribution >= 0.6 is 11.3 Å². The largest absolute Gasteiger partial charge is 0.316 e. The summed E-state index contributed by atoms with van der Waals surface area (Å²) in [6.07, 6.45) is 0.595. The Labute approximate surface area is 106 Å². The predicted molar refractivity (Wildman–Crippen MR) is 70.4 cm³/mol. The van der Waals surface area contributed by atoms with Crippen LogP contribution in [0.4, 0.5) is 5.13 Å². The van der Waals surface area contributed by atoms with E-state index >= 15 is 0 Å². The number of amides is 1. The van der Waals surface area contributed by atoms with E-state index in [1.165, 1.54) is 11.3 Å². The zero-order valence-corrected chi connectivity index (χ0v) is 11.4. The van der Waals surface area contributed by atoms with Crippen molar-refractivity contribution in [3.8, 4) is 0 Å². The maximum Gasteiger partial charge on any atom is 0.226 e. The second kappa shape index (κ2) is 4.74. The molecule has 17 heavy (non-hydrogen) atoms. The van der Waals surface area contributed by atoms with Crippen molar-refractivity contribution in [2.75, 3.05) is 18.4 Å². The van der Waals surface area contributed by atoms with Gasteiger partial charge in [-0.15, -0.1) is 11.3 Å². The lowest BCUT2D eigenvalue weighted by atomic mass is 9.93. The summed E-state index contributed by atoms with van der Waals surface area (Å²) in [5.41, 5.74) is 1.07. The number of nitrogens with zero attached hydrogens (tertiary/aromatic N) is 1. The topological polar surface area (TPSA) is 54.0 Å². The molecule has 2 heterocycles. The van der Waals surface area contributed by atoms with E-state index in [0.717, 1.165) is 18.8 Å². The summed E-state index contributed by atoms with van der Waals surface area (Å²) in [6, 6.07) is 0. The molecule has 1 aromatic rings. The van der Waals surface area contributed by atoms with Crippen LogP contribution in [0.15, 0.2) is 5.38 Å². The molecule has 1 aliphatic heterocycles. The number of anilines is 1. The monoisotopic (exact) mass is 253 g/mol. The second-order valence-corrected chi connectivity index (χ2v) is 6.42. The Balaban J connectivity index is 1.89. The standard InChI is InChI=1S/C12H19N3OS/c1-12(2,3)9-7-17-11(14-9)15-10(16)4-8-5-13-6-8/h7-8,13H,4-6H2,1-3H3,(H,14,15,16). The van der Waals surface area contributed by atoms with Gasteiger partial charge in [0.05, 0.1) is 5.69 Å². The molecule has 1 aromatic heterocycles. The lowest BCUT2D eigenvalue weighted by Gasteiger charge is -2.26. The van der Waals surface area contributed by atoms with Gasteiger partial charge in [0.15, 0.2) is 5.13 Å². The van der Waals surface area contributed by atoms with E-state index in [1.807, 2.05) is 5.38 Å². The van der Waals surface area contributed by atoms with Crippen LogP contribution < -0.4 is 10.6 Å². The van der Waals surface area contributed by atoms with Gasteiger partial charge in [-0.3, -0.25) is 4.79 Å². The predicted octanol–water partition coefficient (Wildman–Crippen LogP) is 1.99. The molecular formula is C12H19N3OS. The van der Waals surface area contributed by atoms with E-state index in [0.29, 0.717) is 17.5 Å². The molecule has 2 rings (SSSR count). The Morgan fingerprint density at radius 1 is 1.59 bits per heavy atom. The lowest BCUT2D eigenvalue weighted by molar-refractivity contribution is -0.117. The van der Waals surface area contributed by atoms with Crippen molar-refractivity contribution < 1.29 is 4.79 Å². The van der Waals surface area contributed by atoms with E-state index in [9.17, 15) is 4.79 Å². The average molecular weight is 253 g/mol. The highest BCUT2D eigenvalue weighted by Gasteiger charge is 2.21. The SMILES string of the molecule is CC(C)(C)c1csc(NC(=O)CC2CNC2)n1. The molecule has 4 nitrogen and oxygen atoms in total. The zero-order valence-electron chi connectivity index (χ0n) is 10.5. The highest BCUT2D eigenvalue weighted by atomic mass is 32.1. The number of carbonyl (C=O) groups excluding carboxylic acids is 1. The number of hydrogen-bond acceptors (Lipinski definition) is 4. The molecule has 94 valence electrons. The molecule has 0 aromatic carbocycles. The third kappa shape index (κ3) is 3.26. The van der Waals surface area contributed by atoms with E-state index < -0.39 is 0 Å². The molecule has 1 fully saturated rings. The van der Waals surface area contributed by atoms with Crippen molar-refractivity contribution in [1.82, 2.24) is 10.3 Å². The van der Waals surface area contributed by atoms with Crippen LogP contribution in [0.5, 0.6) is 0 Å². The zero-order chi connectivity index (χ0) is 12.5. The summed E-state index contributed by atoms with van der Waals surface area (Å²) in [4.78, 5) is 16.1. The number of carbonyl (C=O) groups is 1. The molecule has 5 heteroatoms. The van der Waals surface area contributed by atoms with Gasteiger partial charge in [0.1, 0.15) is 0 Å². The smallest absolute Gasteiger partial charge is 0.226 e. The highest BCUT2D eigenvalue weighted by Crippen LogP contribution is 2.26. The quantitative estimate of drug-likeness (QED) is 0.866. The van der Waals surface area contributed by atoms with Crippen LogP contribution in [0, 0.1) is 5.92 Å². The molecule has 2 N–H and O–H groups in total. The fourth-order valence-electron chi connectivity index (χ4n) is 1.60. The van der Waals surface area contributed by atoms with Gasteiger partial charge in [-0.05, 0) is 19.0 Å². The number of hydrogen-bond donors (Lipinski definition) is 2. The van der Waals surface area contributed by atoms with Gasteiger partial charge in [0.25, 0.3) is 0 Å². The van der Waals surface area contributed by atoms with Crippen molar-refractivity contribution in [2.24, 2.45) is 5.92 Å². The van der Waals surface area contributed by atoms with Gasteiger partial charge in [0.2, 0.25) is 5.91 Å². The van der Waals surface area contributed by atoms with Crippen LogP contribution in [0.2, 0.25) is 0 Å². The molecule has 1 saturated heterocycles. The van der Waals surface area contributed by atoms with Crippen LogP contribution in [0.3, 0.4) is 0 Å². The molecule has 1 amide bonds. The summed E-state index contributed by atoms with van der Waals surface area (Å²) in [7, 11) is 0. The molecule has 0 radical (unpaired) electrons. The maximum atomic E-state index is 11.7. The van der Waals surface area contributed by atoms with Gasteiger partial charge in [-0.1, -0.05) is 20.8 Å². The van der Waals surface area contributed by atoms with E-state index in [4.69, 9.17) is 0 Å². The summed E-state index contributed by atoms with van der Waals surface area (Å²) in [5, 5.41) is 8.77. The summed E-state index contributed by atoms with van der Waals surface area (Å²) < 4.78 is 0. The van der Waals surface area contributed by atoms with Crippen molar-refractivity contribution in [2.45, 2.75) is 32.6 Å². The Hall–Kier alpha value is -0.940. The molecule has 0 saturated carbocycles. The number of thiazole rings is 1. The van der Waals surface area contributed by atoms with Crippen LogP contribution in [-0.2, 0) is 10.2 Å². The van der Waals surface area contributed by atoms with E-state index in [-0.39, 0.29) is 11.3 Å². The summed E-state index contributed by atoms with van der Waals surface area (Å²) in [5.74, 6) is 0.573. The Kier molecular flexibility index (Phi) is 3.49. The molecule has 0 unspecified atom stereocenters. The van der Waals surface area contributed by atoms with Crippen molar-refractivity contribution in [3.63, 3.8) is 0 Å². The first-order valence-corrected chi connectivity index (χ1v) is 6.79. The number of aromatic nitrogens is 1. The maximum absolute atomic E-state index is 11.7. The third-order valence-electron chi connectivity index (χ3n) is 2.86. The minimum atomic E-state index is 0.0391. The molecular weight excluding hydrogens is 234 g/mol. The van der Waals surface area contributed by atoms with E-state index in [1.54, 1.807) is 0 Å². The fourth-order valence-corrected chi connectivity index (χ4v) is 2.55. The molecule has 0 bridgehead atoms. The summed E-state index contributed by atoms with van der Waals surface area (Å²) >= 11 is 1.50. The Morgan fingerprint density at radius 3 is 2.76 bits per heavy atom. The van der Waals surface area contributed by atoms with Crippen molar-refractivity contribution in [3.05, 3.63) is 11.1 Å². The Bertz CT molecular complexity index is 404. The molecule has 1 aliphatic rings. The normalized spacial score (nSPS) is 16.6. The molecule has 0 aliphatic carbocycles. The van der Waals surface area contributed by atoms with Gasteiger partial charge in [-0.25, -0.2) is 4.98 Å². The van der Waals surface area contributed by atoms with Gasteiger partial charge >= 0.3 is 0 Å². The first-order valence-electron chi connectivity index (χ1n) is 5.92. The van der Waals surface area contributed by atoms with E-state index in [2.05, 4.69) is 36.4 Å². The van der Waals surface area contributed by atoms with Gasteiger partial charge < -0.3 is 10.6 Å². The van der Waals surface area contributed by atoms with Crippen LogP contribution in [-0.4, -0.2) is 24.0 Å². The first-order chi connectivity index (χ1) is 7.95. The second-order valence-electron chi connectivity index (χ2n) is 5.56. The third-order valence-corrected chi connectivity index (χ3v) is 3.62. The Morgan fingerprint density at radius 2 is 2.29 bits per heavy atom. The minimum Gasteiger partial charge on any atom is -0.316 e. The average Bonchev–Trinajstić information content (AvgIpc) is 2.59. The van der Waals surface area contributed by atoms with Gasteiger partial charge in [0, 0.05) is 17.2 Å². The number of nitrogens with one attached hydrogen (secondary N) is 2. The fraction of sp³-hybridized carbons (Fsp3) is 0.667. The van der Waals surface area contributed by atoms with Crippen LogP contribution in [0.1, 0.15) is 32.9 Å². The highest BCUT2D eigenvalue weighted by molar-refractivity contribution is 7.13. The minimum absolute atomic E-state index is 0.0391. The van der Waals surface area contributed by atoms with Gasteiger partial charge in [-0.2, -0.15) is 0 Å².